The van der Waals surface area contributed by atoms with E-state index in [2.05, 4.69) is 0 Å². The van der Waals surface area contributed by atoms with E-state index in [9.17, 15) is 44.4 Å². The molecular formula is C29H28O15. The van der Waals surface area contributed by atoms with Crippen molar-refractivity contribution in [3.8, 4) is 28.6 Å². The molecule has 1 fully saturated rings. The third-order valence-corrected chi connectivity index (χ3v) is 6.51. The molecule has 1 aliphatic rings. The maximum absolute atomic E-state index is 13.4. The molecule has 5 atom stereocenters. The lowest BCUT2D eigenvalue weighted by atomic mass is 9.99. The molecule has 0 spiro atoms. The highest BCUT2D eigenvalue weighted by molar-refractivity contribution is 5.85. The predicted octanol–water partition coefficient (Wildman–Crippen LogP) is 1.21. The van der Waals surface area contributed by atoms with Gasteiger partial charge in [0.2, 0.25) is 17.5 Å². The summed E-state index contributed by atoms with van der Waals surface area (Å²) < 4.78 is 27.2. The first kappa shape index (κ1) is 32.1. The number of para-hydroxylation sites is 1. The molecule has 2 heterocycles. The lowest BCUT2D eigenvalue weighted by Crippen LogP contribution is -2.61. The van der Waals surface area contributed by atoms with Crippen LogP contribution in [0.15, 0.2) is 51.7 Å². The molecule has 1 aliphatic heterocycles. The van der Waals surface area contributed by atoms with E-state index < -0.39 is 65.8 Å². The van der Waals surface area contributed by atoms with Crippen LogP contribution in [0.2, 0.25) is 0 Å². The molecule has 15 nitrogen and oxygen atoms in total. The summed E-state index contributed by atoms with van der Waals surface area (Å²) in [4.78, 5) is 60.1. The minimum atomic E-state index is -1.97. The Bertz CT molecular complexity index is 1630. The van der Waals surface area contributed by atoms with Crippen molar-refractivity contribution in [3.05, 3.63) is 52.7 Å². The molecule has 0 unspecified atom stereocenters. The van der Waals surface area contributed by atoms with Gasteiger partial charge in [0.05, 0.1) is 5.39 Å². The maximum Gasteiger partial charge on any atom is 0.335 e. The van der Waals surface area contributed by atoms with Crippen LogP contribution in [0.1, 0.15) is 32.6 Å². The molecule has 1 aromatic heterocycles. The number of aliphatic carboxylic acids is 2. The molecular weight excluding hydrogens is 588 g/mol. The van der Waals surface area contributed by atoms with Crippen molar-refractivity contribution in [1.29, 1.82) is 0 Å². The maximum atomic E-state index is 13.4. The number of aliphatic hydroxyl groups excluding tert-OH is 3. The van der Waals surface area contributed by atoms with Gasteiger partial charge < -0.3 is 48.9 Å². The van der Waals surface area contributed by atoms with Gasteiger partial charge in [0.1, 0.15) is 23.9 Å². The van der Waals surface area contributed by atoms with Crippen molar-refractivity contribution in [1.82, 2.24) is 0 Å². The molecule has 0 amide bonds. The van der Waals surface area contributed by atoms with Gasteiger partial charge in [-0.15, -0.1) is 0 Å². The number of ether oxygens (including phenoxy) is 4. The van der Waals surface area contributed by atoms with Crippen LogP contribution in [0.25, 0.3) is 22.3 Å². The fourth-order valence-corrected chi connectivity index (χ4v) is 4.37. The minimum absolute atomic E-state index is 0.0640. The van der Waals surface area contributed by atoms with Crippen molar-refractivity contribution in [2.45, 2.75) is 63.3 Å². The highest BCUT2D eigenvalue weighted by Crippen LogP contribution is 2.38. The van der Waals surface area contributed by atoms with Gasteiger partial charge in [0.25, 0.3) is 0 Å². The number of unbranched alkanes of at least 4 members (excludes halogenated alkanes) is 1. The van der Waals surface area contributed by atoms with Crippen LogP contribution in [-0.4, -0.2) is 80.1 Å². The number of hydrogen-bond acceptors (Lipinski definition) is 13. The first-order valence-corrected chi connectivity index (χ1v) is 13.3. The molecule has 15 heteroatoms. The summed E-state index contributed by atoms with van der Waals surface area (Å²) in [5, 5.41) is 48.6. The number of rotatable bonds is 11. The van der Waals surface area contributed by atoms with E-state index in [4.69, 9.17) is 28.5 Å². The number of carbonyl (C=O) groups is 4. The van der Waals surface area contributed by atoms with E-state index in [1.807, 2.05) is 0 Å². The van der Waals surface area contributed by atoms with Gasteiger partial charge in [-0.05, 0) is 43.2 Å². The zero-order valence-corrected chi connectivity index (χ0v) is 23.1. The van der Waals surface area contributed by atoms with Gasteiger partial charge >= 0.3 is 23.9 Å². The lowest BCUT2D eigenvalue weighted by molar-refractivity contribution is -0.271. The normalized spacial score (nSPS) is 21.4. The number of benzene rings is 2. The van der Waals surface area contributed by atoms with Crippen LogP contribution in [0.4, 0.5) is 0 Å². The van der Waals surface area contributed by atoms with Crippen LogP contribution >= 0.6 is 0 Å². The highest BCUT2D eigenvalue weighted by atomic mass is 16.7. The fourth-order valence-electron chi connectivity index (χ4n) is 4.37. The number of carbonyl (C=O) groups excluding carboxylic acids is 2. The molecule has 2 aromatic carbocycles. The number of aliphatic hydroxyl groups is 3. The van der Waals surface area contributed by atoms with Crippen LogP contribution in [0, 0.1) is 0 Å². The van der Waals surface area contributed by atoms with Crippen LogP contribution in [0.5, 0.6) is 17.2 Å². The van der Waals surface area contributed by atoms with Gasteiger partial charge in [-0.3, -0.25) is 19.2 Å². The zero-order valence-electron chi connectivity index (χ0n) is 23.1. The number of carboxylic acids is 2. The molecule has 3 aromatic rings. The summed E-state index contributed by atoms with van der Waals surface area (Å²) in [5.74, 6) is -5.62. The van der Waals surface area contributed by atoms with Crippen molar-refractivity contribution >= 4 is 34.8 Å². The summed E-state index contributed by atoms with van der Waals surface area (Å²) in [7, 11) is 0. The molecule has 1 saturated heterocycles. The fraction of sp³-hybridized carbons (Fsp3) is 0.345. The van der Waals surface area contributed by atoms with Crippen LogP contribution in [0.3, 0.4) is 0 Å². The van der Waals surface area contributed by atoms with Gasteiger partial charge in [0.15, 0.2) is 23.4 Å². The summed E-state index contributed by atoms with van der Waals surface area (Å²) in [6.07, 6.45) is -9.56. The van der Waals surface area contributed by atoms with E-state index >= 15 is 0 Å². The Labute approximate surface area is 247 Å². The van der Waals surface area contributed by atoms with Crippen LogP contribution in [-0.2, 0) is 23.9 Å². The average Bonchev–Trinajstić information content (AvgIpc) is 2.97. The topological polar surface area (TPSA) is 237 Å². The van der Waals surface area contributed by atoms with E-state index in [0.29, 0.717) is 0 Å². The van der Waals surface area contributed by atoms with E-state index in [1.54, 1.807) is 12.1 Å². The SMILES string of the molecule is CC(=O)Oc1cc(-c2oc3ccccc3c(=O)c2OC(=O)CCCCC(=O)O)ccc1O[C@H]1O[C@@H](C(=O)O)[C@H](O)[C@@H](O)[C@@H]1O. The standard InChI is InChI=1S/C29H28O15/c1-13(30)40-18-12-14(10-11-17(18)42-29-24(37)22(35)23(36)27(44-29)28(38)39)25-26(43-20(33)9-5-4-8-19(31)32)21(34)15-6-2-3-7-16(15)41-25/h2-3,6-7,10-12,22-24,27,29,35-37H,4-5,8-9H2,1H3,(H,31,32)(H,38,39)/t22-,23-,24+,27-,29+/m1/s1. The average molecular weight is 617 g/mol. The first-order chi connectivity index (χ1) is 20.9. The Morgan fingerprint density at radius 3 is 2.25 bits per heavy atom. The molecule has 0 bridgehead atoms. The predicted molar refractivity (Wildman–Crippen MR) is 146 cm³/mol. The Morgan fingerprint density at radius 2 is 1.57 bits per heavy atom. The number of carboxylic acid groups (broad SMARTS) is 2. The van der Waals surface area contributed by atoms with Crippen molar-refractivity contribution < 1.29 is 68.1 Å². The Balaban J connectivity index is 1.72. The van der Waals surface area contributed by atoms with Gasteiger partial charge in [-0.2, -0.15) is 0 Å². The monoisotopic (exact) mass is 616 g/mol. The van der Waals surface area contributed by atoms with Crippen molar-refractivity contribution in [2.75, 3.05) is 0 Å². The summed E-state index contributed by atoms with van der Waals surface area (Å²) in [5.41, 5.74) is -0.496. The number of fused-ring (bicyclic) bond motifs is 1. The third-order valence-electron chi connectivity index (χ3n) is 6.51. The second kappa shape index (κ2) is 13.6. The molecule has 0 saturated carbocycles. The largest absolute Gasteiger partial charge is 0.481 e. The van der Waals surface area contributed by atoms with Crippen LogP contribution < -0.4 is 19.6 Å². The van der Waals surface area contributed by atoms with Crippen molar-refractivity contribution in [3.63, 3.8) is 0 Å². The van der Waals surface area contributed by atoms with Gasteiger partial charge in [-0.1, -0.05) is 12.1 Å². The minimum Gasteiger partial charge on any atom is -0.481 e. The molecule has 4 rings (SSSR count). The Morgan fingerprint density at radius 1 is 0.864 bits per heavy atom. The summed E-state index contributed by atoms with van der Waals surface area (Å²) >= 11 is 0. The summed E-state index contributed by atoms with van der Waals surface area (Å²) in [6, 6.07) is 9.84. The molecule has 44 heavy (non-hydrogen) atoms. The lowest BCUT2D eigenvalue weighted by Gasteiger charge is -2.38. The van der Waals surface area contributed by atoms with Gasteiger partial charge in [-0.25, -0.2) is 4.79 Å². The van der Waals surface area contributed by atoms with Crippen molar-refractivity contribution in [2.24, 2.45) is 0 Å². The molecule has 0 aliphatic carbocycles. The first-order valence-electron chi connectivity index (χ1n) is 13.3. The zero-order chi connectivity index (χ0) is 32.1. The quantitative estimate of drug-likeness (QED) is 0.116. The smallest absolute Gasteiger partial charge is 0.335 e. The molecule has 234 valence electrons. The number of esters is 2. The third kappa shape index (κ3) is 7.20. The van der Waals surface area contributed by atoms with E-state index in [0.717, 1.165) is 6.92 Å². The van der Waals surface area contributed by atoms with Gasteiger partial charge in [0, 0.05) is 25.3 Å². The Kier molecular flexibility index (Phi) is 9.95. The second-order valence-corrected chi connectivity index (χ2v) is 9.77. The number of hydrogen-bond donors (Lipinski definition) is 5. The highest BCUT2D eigenvalue weighted by Gasteiger charge is 2.48. The Hall–Kier alpha value is -4.83. The molecule has 0 radical (unpaired) electrons. The second-order valence-electron chi connectivity index (χ2n) is 9.77. The van der Waals surface area contributed by atoms with E-state index in [-0.39, 0.29) is 59.5 Å². The summed E-state index contributed by atoms with van der Waals surface area (Å²) in [6.45, 7) is 1.07. The van der Waals surface area contributed by atoms with E-state index in [1.165, 1.54) is 30.3 Å². The molecule has 5 N–H and O–H groups in total.